The lowest BCUT2D eigenvalue weighted by molar-refractivity contribution is 0.729. The molecule has 13 heavy (non-hydrogen) atoms. The number of thiophene rings is 1. The highest BCUT2D eigenvalue weighted by Crippen LogP contribution is 2.20. The molecule has 0 aliphatic carbocycles. The highest BCUT2D eigenvalue weighted by Gasteiger charge is 1.94. The second-order valence-corrected chi connectivity index (χ2v) is 4.31. The van der Waals surface area contributed by atoms with Crippen molar-refractivity contribution in [3.8, 4) is 0 Å². The first-order valence-corrected chi connectivity index (χ1v) is 5.93. The third-order valence-electron chi connectivity index (χ3n) is 2.17. The van der Waals surface area contributed by atoms with Crippen LogP contribution in [0.25, 0.3) is 5.57 Å². The summed E-state index contributed by atoms with van der Waals surface area (Å²) in [6, 6.07) is 4.31. The molecule has 0 N–H and O–H groups in total. The first kappa shape index (κ1) is 10.5. The maximum Gasteiger partial charge on any atom is 0.0296 e. The van der Waals surface area contributed by atoms with Crippen LogP contribution in [0.4, 0.5) is 0 Å². The van der Waals surface area contributed by atoms with Crippen molar-refractivity contribution in [1.82, 2.24) is 0 Å². The molecule has 0 bridgehead atoms. The normalized spacial score (nSPS) is 12.0. The smallest absolute Gasteiger partial charge is 0.0296 e. The number of unbranched alkanes of at least 4 members (excludes halogenated alkanes) is 3. The standard InChI is InChI=1S/C12H18S/c1-3-4-5-6-8-11(2)12-9-7-10-13-12/h7-10H,3-6H2,1-2H3. The fourth-order valence-electron chi connectivity index (χ4n) is 1.32. The minimum atomic E-state index is 1.23. The van der Waals surface area contributed by atoms with Crippen LogP contribution in [-0.4, -0.2) is 0 Å². The van der Waals surface area contributed by atoms with E-state index in [-0.39, 0.29) is 0 Å². The molecule has 0 atom stereocenters. The van der Waals surface area contributed by atoms with Crippen LogP contribution in [0.15, 0.2) is 23.6 Å². The Morgan fingerprint density at radius 2 is 2.31 bits per heavy atom. The molecule has 1 heterocycles. The van der Waals surface area contributed by atoms with Crippen molar-refractivity contribution in [2.75, 3.05) is 0 Å². The molecular formula is C12H18S. The highest BCUT2D eigenvalue weighted by molar-refractivity contribution is 7.11. The summed E-state index contributed by atoms with van der Waals surface area (Å²) in [5.41, 5.74) is 1.44. The molecule has 1 rings (SSSR count). The van der Waals surface area contributed by atoms with Crippen molar-refractivity contribution in [3.05, 3.63) is 28.5 Å². The summed E-state index contributed by atoms with van der Waals surface area (Å²) < 4.78 is 0. The molecule has 1 heteroatoms. The van der Waals surface area contributed by atoms with Gasteiger partial charge in [0.2, 0.25) is 0 Å². The van der Waals surface area contributed by atoms with Gasteiger partial charge in [0.1, 0.15) is 0 Å². The molecule has 0 saturated carbocycles. The van der Waals surface area contributed by atoms with Gasteiger partial charge in [0.25, 0.3) is 0 Å². The van der Waals surface area contributed by atoms with Crippen molar-refractivity contribution in [1.29, 1.82) is 0 Å². The maximum absolute atomic E-state index is 2.36. The Balaban J connectivity index is 2.35. The number of allylic oxidation sites excluding steroid dienone is 2. The van der Waals surface area contributed by atoms with Gasteiger partial charge in [0.15, 0.2) is 0 Å². The minimum absolute atomic E-state index is 1.23. The maximum atomic E-state index is 2.36. The zero-order valence-electron chi connectivity index (χ0n) is 8.55. The highest BCUT2D eigenvalue weighted by atomic mass is 32.1. The predicted octanol–water partition coefficient (Wildman–Crippen LogP) is 4.73. The molecule has 0 aliphatic heterocycles. The van der Waals surface area contributed by atoms with Crippen LogP contribution >= 0.6 is 11.3 Å². The average Bonchev–Trinajstić information content (AvgIpc) is 2.65. The Bertz CT molecular complexity index is 244. The van der Waals surface area contributed by atoms with Crippen molar-refractivity contribution < 1.29 is 0 Å². The summed E-state index contributed by atoms with van der Waals surface area (Å²) >= 11 is 1.83. The van der Waals surface area contributed by atoms with Crippen LogP contribution in [0.3, 0.4) is 0 Å². The van der Waals surface area contributed by atoms with Gasteiger partial charge in [-0.2, -0.15) is 0 Å². The Morgan fingerprint density at radius 3 is 2.92 bits per heavy atom. The van der Waals surface area contributed by atoms with Crippen LogP contribution < -0.4 is 0 Å². The second kappa shape index (κ2) is 5.98. The molecule has 0 radical (unpaired) electrons. The lowest BCUT2D eigenvalue weighted by Gasteiger charge is -1.97. The van der Waals surface area contributed by atoms with E-state index in [4.69, 9.17) is 0 Å². The molecule has 72 valence electrons. The summed E-state index contributed by atoms with van der Waals surface area (Å²) in [6.07, 6.45) is 7.60. The molecule has 0 fully saturated rings. The molecule has 0 saturated heterocycles. The fraction of sp³-hybridized carbons (Fsp3) is 0.500. The monoisotopic (exact) mass is 194 g/mol. The van der Waals surface area contributed by atoms with E-state index in [1.807, 2.05) is 11.3 Å². The van der Waals surface area contributed by atoms with Gasteiger partial charge in [0.05, 0.1) is 0 Å². The summed E-state index contributed by atoms with van der Waals surface area (Å²) in [7, 11) is 0. The largest absolute Gasteiger partial charge is 0.144 e. The summed E-state index contributed by atoms with van der Waals surface area (Å²) in [4.78, 5) is 1.41. The van der Waals surface area contributed by atoms with Crippen LogP contribution in [0.5, 0.6) is 0 Å². The molecular weight excluding hydrogens is 176 g/mol. The van der Waals surface area contributed by atoms with Gasteiger partial charge in [-0.3, -0.25) is 0 Å². The van der Waals surface area contributed by atoms with Gasteiger partial charge in [-0.15, -0.1) is 11.3 Å². The number of rotatable bonds is 5. The van der Waals surface area contributed by atoms with E-state index in [1.54, 1.807) is 0 Å². The van der Waals surface area contributed by atoms with Gasteiger partial charge >= 0.3 is 0 Å². The zero-order chi connectivity index (χ0) is 9.52. The van der Waals surface area contributed by atoms with E-state index in [0.29, 0.717) is 0 Å². The fourth-order valence-corrected chi connectivity index (χ4v) is 2.05. The van der Waals surface area contributed by atoms with Crippen molar-refractivity contribution in [2.45, 2.75) is 39.5 Å². The van der Waals surface area contributed by atoms with Crippen molar-refractivity contribution >= 4 is 16.9 Å². The van der Waals surface area contributed by atoms with Crippen LogP contribution in [-0.2, 0) is 0 Å². The van der Waals surface area contributed by atoms with Gasteiger partial charge in [-0.05, 0) is 36.8 Å². The van der Waals surface area contributed by atoms with Gasteiger partial charge in [-0.25, -0.2) is 0 Å². The van der Waals surface area contributed by atoms with Crippen LogP contribution in [0, 0.1) is 0 Å². The third-order valence-corrected chi connectivity index (χ3v) is 3.17. The first-order valence-electron chi connectivity index (χ1n) is 5.05. The Hall–Kier alpha value is -0.560. The van der Waals surface area contributed by atoms with E-state index in [2.05, 4.69) is 37.4 Å². The van der Waals surface area contributed by atoms with E-state index < -0.39 is 0 Å². The second-order valence-electron chi connectivity index (χ2n) is 3.36. The van der Waals surface area contributed by atoms with Crippen LogP contribution in [0.2, 0.25) is 0 Å². The third kappa shape index (κ3) is 3.77. The predicted molar refractivity (Wildman–Crippen MR) is 62.1 cm³/mol. The SMILES string of the molecule is CCCCCC=C(C)c1cccs1. The molecule has 0 unspecified atom stereocenters. The minimum Gasteiger partial charge on any atom is -0.144 e. The Morgan fingerprint density at radius 1 is 1.46 bits per heavy atom. The van der Waals surface area contributed by atoms with E-state index >= 15 is 0 Å². The Kier molecular flexibility index (Phi) is 4.84. The van der Waals surface area contributed by atoms with Crippen molar-refractivity contribution in [2.24, 2.45) is 0 Å². The molecule has 0 aliphatic rings. The van der Waals surface area contributed by atoms with Gasteiger partial charge in [-0.1, -0.05) is 31.9 Å². The van der Waals surface area contributed by atoms with Gasteiger partial charge < -0.3 is 0 Å². The molecule has 0 amide bonds. The van der Waals surface area contributed by atoms with Gasteiger partial charge in [0, 0.05) is 4.88 Å². The van der Waals surface area contributed by atoms with E-state index in [9.17, 15) is 0 Å². The topological polar surface area (TPSA) is 0 Å². The lowest BCUT2D eigenvalue weighted by Crippen LogP contribution is -1.74. The number of hydrogen-bond acceptors (Lipinski definition) is 1. The molecule has 0 aromatic carbocycles. The zero-order valence-corrected chi connectivity index (χ0v) is 9.36. The van der Waals surface area contributed by atoms with Crippen molar-refractivity contribution in [3.63, 3.8) is 0 Å². The van der Waals surface area contributed by atoms with Crippen LogP contribution in [0.1, 0.15) is 44.4 Å². The quantitative estimate of drug-likeness (QED) is 0.594. The summed E-state index contributed by atoms with van der Waals surface area (Å²) in [6.45, 7) is 4.45. The molecule has 1 aromatic heterocycles. The van der Waals surface area contributed by atoms with E-state index in [1.165, 1.54) is 36.1 Å². The average molecular weight is 194 g/mol. The molecule has 1 aromatic rings. The summed E-state index contributed by atoms with van der Waals surface area (Å²) in [5, 5.41) is 2.14. The van der Waals surface area contributed by atoms with E-state index in [0.717, 1.165) is 0 Å². The Labute approximate surface area is 85.3 Å². The molecule has 0 spiro atoms. The lowest BCUT2D eigenvalue weighted by atomic mass is 10.1. The molecule has 0 nitrogen and oxygen atoms in total. The first-order chi connectivity index (χ1) is 6.34. The summed E-state index contributed by atoms with van der Waals surface area (Å²) in [5.74, 6) is 0. The number of hydrogen-bond donors (Lipinski definition) is 0.